The number of aliphatic carboxylic acids is 1. The van der Waals surface area contributed by atoms with Crippen LogP contribution >= 0.6 is 11.8 Å². The smallest absolute Gasteiger partial charge is 0.326 e. The van der Waals surface area contributed by atoms with E-state index < -0.39 is 60.2 Å². The Balaban J connectivity index is 2.28. The average molecular weight is 564 g/mol. The summed E-state index contributed by atoms with van der Waals surface area (Å²) in [6, 6.07) is 0.962. The fraction of sp³-hybridized carbons (Fsp3) is 0.417. The van der Waals surface area contributed by atoms with Crippen molar-refractivity contribution in [1.29, 1.82) is 0 Å². The highest BCUT2D eigenvalue weighted by Crippen LogP contribution is 2.12. The Morgan fingerprint density at radius 1 is 0.974 bits per heavy atom. The summed E-state index contributed by atoms with van der Waals surface area (Å²) in [5.74, 6) is -3.86. The summed E-state index contributed by atoms with van der Waals surface area (Å²) >= 11 is 1.42. The number of carboxylic acid groups (broad SMARTS) is 1. The Morgan fingerprint density at radius 3 is 2.10 bits per heavy atom. The maximum Gasteiger partial charge on any atom is 0.326 e. The lowest BCUT2D eigenvalue weighted by atomic mass is 10.0. The molecular weight excluding hydrogens is 530 g/mol. The van der Waals surface area contributed by atoms with Crippen molar-refractivity contribution in [1.82, 2.24) is 25.9 Å². The van der Waals surface area contributed by atoms with Gasteiger partial charge < -0.3 is 42.6 Å². The third-order valence-corrected chi connectivity index (χ3v) is 6.25. The van der Waals surface area contributed by atoms with Crippen LogP contribution in [0.15, 0.2) is 36.8 Å². The first-order valence-electron chi connectivity index (χ1n) is 11.9. The van der Waals surface area contributed by atoms with Gasteiger partial charge in [-0.15, -0.1) is 0 Å². The highest BCUT2D eigenvalue weighted by Gasteiger charge is 2.31. The number of nitrogens with zero attached hydrogens (tertiary/aromatic N) is 1. The van der Waals surface area contributed by atoms with Gasteiger partial charge in [-0.05, 0) is 36.1 Å². The van der Waals surface area contributed by atoms with Gasteiger partial charge in [0.1, 0.15) is 23.9 Å². The second-order valence-electron chi connectivity index (χ2n) is 8.73. The monoisotopic (exact) mass is 563 g/mol. The Hall–Kier alpha value is -4.11. The van der Waals surface area contributed by atoms with Gasteiger partial charge >= 0.3 is 5.97 Å². The van der Waals surface area contributed by atoms with Crippen molar-refractivity contribution in [3.8, 4) is 5.75 Å². The largest absolute Gasteiger partial charge is 0.508 e. The number of hydrogen-bond acceptors (Lipinski definition) is 9. The summed E-state index contributed by atoms with van der Waals surface area (Å²) < 4.78 is 0. The van der Waals surface area contributed by atoms with E-state index in [1.807, 2.05) is 0 Å². The van der Waals surface area contributed by atoms with E-state index in [1.54, 1.807) is 18.4 Å². The Kier molecular flexibility index (Phi) is 12.2. The molecule has 0 spiro atoms. The van der Waals surface area contributed by atoms with Crippen LogP contribution in [-0.4, -0.2) is 86.0 Å². The average Bonchev–Trinajstić information content (AvgIpc) is 3.39. The third-order valence-electron chi connectivity index (χ3n) is 5.60. The number of nitrogens with one attached hydrogen (secondary N) is 4. The number of phenols is 1. The Bertz CT molecular complexity index is 1130. The van der Waals surface area contributed by atoms with Crippen molar-refractivity contribution in [2.24, 2.45) is 11.5 Å². The lowest BCUT2D eigenvalue weighted by molar-refractivity contribution is -0.142. The molecule has 0 fully saturated rings. The zero-order chi connectivity index (χ0) is 28.9. The van der Waals surface area contributed by atoms with Gasteiger partial charge in [-0.3, -0.25) is 19.2 Å². The summed E-state index contributed by atoms with van der Waals surface area (Å²) in [4.78, 5) is 68.7. The number of imidazole rings is 1. The second-order valence-corrected chi connectivity index (χ2v) is 9.72. The molecular formula is C24H33N7O7S. The van der Waals surface area contributed by atoms with Crippen LogP contribution in [0.3, 0.4) is 0 Å². The zero-order valence-corrected chi connectivity index (χ0v) is 22.1. The molecule has 39 heavy (non-hydrogen) atoms. The first-order valence-corrected chi connectivity index (χ1v) is 13.3. The summed E-state index contributed by atoms with van der Waals surface area (Å²) in [6.45, 7) is 0. The number of aromatic nitrogens is 2. The van der Waals surface area contributed by atoms with Crippen molar-refractivity contribution < 1.29 is 34.2 Å². The van der Waals surface area contributed by atoms with Crippen LogP contribution < -0.4 is 27.4 Å². The highest BCUT2D eigenvalue weighted by atomic mass is 32.2. The minimum Gasteiger partial charge on any atom is -0.508 e. The lowest BCUT2D eigenvalue weighted by Crippen LogP contribution is -2.58. The third kappa shape index (κ3) is 10.6. The summed E-state index contributed by atoms with van der Waals surface area (Å²) in [5.41, 5.74) is 11.9. The predicted molar refractivity (Wildman–Crippen MR) is 142 cm³/mol. The molecule has 4 amide bonds. The van der Waals surface area contributed by atoms with Crippen LogP contribution in [0.4, 0.5) is 0 Å². The quantitative estimate of drug-likeness (QED) is 0.116. The minimum atomic E-state index is -1.30. The minimum absolute atomic E-state index is 0.00132. The highest BCUT2D eigenvalue weighted by molar-refractivity contribution is 7.98. The molecule has 0 saturated heterocycles. The number of carbonyl (C=O) groups excluding carboxylic acids is 4. The molecule has 1 aromatic heterocycles. The van der Waals surface area contributed by atoms with E-state index in [1.165, 1.54) is 36.4 Å². The fourth-order valence-electron chi connectivity index (χ4n) is 3.53. The Morgan fingerprint density at radius 2 is 1.56 bits per heavy atom. The number of carboxylic acids is 1. The van der Waals surface area contributed by atoms with Gasteiger partial charge in [-0.25, -0.2) is 9.78 Å². The van der Waals surface area contributed by atoms with Gasteiger partial charge in [0.2, 0.25) is 23.6 Å². The molecule has 15 heteroatoms. The lowest BCUT2D eigenvalue weighted by Gasteiger charge is -2.25. The number of aromatic amines is 1. The molecule has 4 atom stereocenters. The molecule has 10 N–H and O–H groups in total. The molecule has 0 radical (unpaired) electrons. The van der Waals surface area contributed by atoms with Crippen LogP contribution in [0.25, 0.3) is 0 Å². The molecule has 0 aliphatic heterocycles. The number of primary amides is 1. The van der Waals surface area contributed by atoms with Crippen LogP contribution in [-0.2, 0) is 36.8 Å². The Labute approximate surface area is 228 Å². The number of hydrogen-bond donors (Lipinski definition) is 8. The molecule has 14 nitrogen and oxygen atoms in total. The van der Waals surface area contributed by atoms with E-state index in [0.717, 1.165) is 0 Å². The molecule has 0 bridgehead atoms. The maximum atomic E-state index is 13.4. The molecule has 0 aliphatic carbocycles. The number of carbonyl (C=O) groups is 5. The van der Waals surface area contributed by atoms with Crippen LogP contribution in [0.2, 0.25) is 0 Å². The van der Waals surface area contributed by atoms with Gasteiger partial charge in [0.15, 0.2) is 0 Å². The molecule has 1 aromatic carbocycles. The number of amides is 4. The topological polar surface area (TPSA) is 243 Å². The molecule has 1 heterocycles. The van der Waals surface area contributed by atoms with Crippen molar-refractivity contribution >= 4 is 41.4 Å². The first-order chi connectivity index (χ1) is 18.5. The normalized spacial score (nSPS) is 13.9. The number of rotatable bonds is 16. The molecule has 2 aromatic rings. The van der Waals surface area contributed by atoms with E-state index in [9.17, 15) is 34.2 Å². The molecule has 4 unspecified atom stereocenters. The van der Waals surface area contributed by atoms with Gasteiger partial charge in [-0.1, -0.05) is 12.1 Å². The zero-order valence-electron chi connectivity index (χ0n) is 21.3. The number of H-pyrrole nitrogens is 1. The van der Waals surface area contributed by atoms with E-state index in [2.05, 4.69) is 25.9 Å². The maximum absolute atomic E-state index is 13.4. The van der Waals surface area contributed by atoms with E-state index >= 15 is 0 Å². The number of aromatic hydroxyl groups is 1. The van der Waals surface area contributed by atoms with Crippen molar-refractivity contribution in [2.75, 3.05) is 12.0 Å². The van der Waals surface area contributed by atoms with Crippen molar-refractivity contribution in [3.05, 3.63) is 48.0 Å². The van der Waals surface area contributed by atoms with Crippen molar-refractivity contribution in [2.45, 2.75) is 49.9 Å². The van der Waals surface area contributed by atoms with Gasteiger partial charge in [0, 0.05) is 24.7 Å². The van der Waals surface area contributed by atoms with E-state index in [-0.39, 0.29) is 25.0 Å². The SMILES string of the molecule is CSCCC(NC(=O)C(Cc1ccc(O)cc1)NC(=O)C(Cc1cnc[nH]1)NC(=O)C(N)CC(N)=O)C(=O)O. The molecule has 0 aliphatic rings. The van der Waals surface area contributed by atoms with E-state index in [0.29, 0.717) is 17.0 Å². The first kappa shape index (κ1) is 31.1. The standard InChI is InChI=1S/C24H33N7O7S/c1-39-7-6-17(24(37)38)29-22(35)18(8-13-2-4-15(32)5-3-13)31-23(36)19(9-14-11-27-12-28-14)30-21(34)16(25)10-20(26)33/h2-5,11-12,16-19,32H,6-10,25H2,1H3,(H2,26,33)(H,27,28)(H,29,35)(H,30,34)(H,31,36)(H,37,38). The van der Waals surface area contributed by atoms with Crippen LogP contribution in [0, 0.1) is 0 Å². The number of thioether (sulfide) groups is 1. The van der Waals surface area contributed by atoms with Gasteiger partial charge in [0.05, 0.1) is 18.8 Å². The number of nitrogens with two attached hydrogens (primary N) is 2. The molecule has 0 saturated carbocycles. The summed E-state index contributed by atoms with van der Waals surface area (Å²) in [6.07, 6.45) is 4.25. The molecule has 212 valence electrons. The fourth-order valence-corrected chi connectivity index (χ4v) is 4.00. The second kappa shape index (κ2) is 15.3. The van der Waals surface area contributed by atoms with E-state index in [4.69, 9.17) is 11.5 Å². The number of phenolic OH excluding ortho intramolecular Hbond substituents is 1. The summed E-state index contributed by atoms with van der Waals surface area (Å²) in [7, 11) is 0. The van der Waals surface area contributed by atoms with Crippen LogP contribution in [0.1, 0.15) is 24.1 Å². The van der Waals surface area contributed by atoms with Gasteiger partial charge in [0.25, 0.3) is 0 Å². The summed E-state index contributed by atoms with van der Waals surface area (Å²) in [5, 5.41) is 26.6. The van der Waals surface area contributed by atoms with Crippen molar-refractivity contribution in [3.63, 3.8) is 0 Å². The molecule has 2 rings (SSSR count). The van der Waals surface area contributed by atoms with Crippen LogP contribution in [0.5, 0.6) is 5.75 Å². The number of benzene rings is 1. The van der Waals surface area contributed by atoms with Gasteiger partial charge in [-0.2, -0.15) is 11.8 Å². The predicted octanol–water partition coefficient (Wildman–Crippen LogP) is -1.60.